The molecule has 104 valence electrons. The molecule has 3 N–H and O–H groups in total. The van der Waals surface area contributed by atoms with Gasteiger partial charge in [0.1, 0.15) is 0 Å². The average molecular weight is 265 g/mol. The van der Waals surface area contributed by atoms with Gasteiger partial charge in [-0.05, 0) is 32.6 Å². The standard InChI is InChI=1S/C12H19N5O2/c1-2-19-12-15-10(13)14-11(16-12)17-7-3-4-8(17)6-9(18)5-7/h7-9,18H,2-6H2,1H3,(H2,13,14,15,16). The van der Waals surface area contributed by atoms with Crippen molar-refractivity contribution in [1.29, 1.82) is 0 Å². The Morgan fingerprint density at radius 3 is 2.58 bits per heavy atom. The van der Waals surface area contributed by atoms with Crippen LogP contribution in [0.1, 0.15) is 32.6 Å². The van der Waals surface area contributed by atoms with Crippen molar-refractivity contribution in [1.82, 2.24) is 15.0 Å². The van der Waals surface area contributed by atoms with Crippen LogP contribution in [0, 0.1) is 0 Å². The molecule has 3 rings (SSSR count). The molecule has 2 aliphatic heterocycles. The molecule has 1 aromatic heterocycles. The maximum absolute atomic E-state index is 9.82. The number of ether oxygens (including phenoxy) is 1. The minimum absolute atomic E-state index is 0.180. The fourth-order valence-electron chi connectivity index (χ4n) is 3.14. The van der Waals surface area contributed by atoms with Gasteiger partial charge in [0, 0.05) is 12.1 Å². The topological polar surface area (TPSA) is 97.4 Å². The van der Waals surface area contributed by atoms with Gasteiger partial charge in [-0.25, -0.2) is 0 Å². The molecule has 2 atom stereocenters. The van der Waals surface area contributed by atoms with Gasteiger partial charge in [-0.3, -0.25) is 0 Å². The summed E-state index contributed by atoms with van der Waals surface area (Å²) >= 11 is 0. The Balaban J connectivity index is 1.90. The number of fused-ring (bicyclic) bond motifs is 2. The number of aromatic nitrogens is 3. The molecule has 0 amide bonds. The zero-order valence-corrected chi connectivity index (χ0v) is 11.0. The lowest BCUT2D eigenvalue weighted by atomic mass is 10.0. The van der Waals surface area contributed by atoms with Crippen LogP contribution in [0.15, 0.2) is 0 Å². The zero-order chi connectivity index (χ0) is 13.4. The van der Waals surface area contributed by atoms with Gasteiger partial charge in [-0.1, -0.05) is 0 Å². The fourth-order valence-corrected chi connectivity index (χ4v) is 3.14. The second-order valence-corrected chi connectivity index (χ2v) is 5.13. The highest BCUT2D eigenvalue weighted by atomic mass is 16.5. The summed E-state index contributed by atoms with van der Waals surface area (Å²) in [6.07, 6.45) is 3.46. The Morgan fingerprint density at radius 2 is 1.95 bits per heavy atom. The molecule has 2 fully saturated rings. The number of nitrogen functional groups attached to an aromatic ring is 1. The summed E-state index contributed by atoms with van der Waals surface area (Å²) in [4.78, 5) is 14.7. The first-order chi connectivity index (χ1) is 9.17. The van der Waals surface area contributed by atoms with Gasteiger partial charge in [0.25, 0.3) is 0 Å². The van der Waals surface area contributed by atoms with Crippen LogP contribution in [0.25, 0.3) is 0 Å². The molecule has 1 aromatic rings. The first kappa shape index (κ1) is 12.4. The number of aliphatic hydroxyl groups is 1. The van der Waals surface area contributed by atoms with Crippen LogP contribution in [0.5, 0.6) is 6.01 Å². The fraction of sp³-hybridized carbons (Fsp3) is 0.750. The van der Waals surface area contributed by atoms with E-state index in [1.165, 1.54) is 0 Å². The van der Waals surface area contributed by atoms with Crippen LogP contribution in [0.4, 0.5) is 11.9 Å². The molecule has 7 nitrogen and oxygen atoms in total. The predicted octanol–water partition coefficient (Wildman–Crippen LogP) is 0.345. The lowest BCUT2D eigenvalue weighted by Crippen LogP contribution is -2.45. The molecule has 0 radical (unpaired) electrons. The Bertz CT molecular complexity index is 455. The van der Waals surface area contributed by atoms with Crippen LogP contribution in [0.3, 0.4) is 0 Å². The van der Waals surface area contributed by atoms with E-state index in [0.717, 1.165) is 25.7 Å². The molecule has 0 spiro atoms. The maximum Gasteiger partial charge on any atom is 0.323 e. The summed E-state index contributed by atoms with van der Waals surface area (Å²) < 4.78 is 5.31. The lowest BCUT2D eigenvalue weighted by Gasteiger charge is -2.37. The van der Waals surface area contributed by atoms with E-state index in [1.807, 2.05) is 6.92 Å². The normalized spacial score (nSPS) is 29.6. The molecule has 2 unspecified atom stereocenters. The lowest BCUT2D eigenvalue weighted by molar-refractivity contribution is 0.125. The average Bonchev–Trinajstić information content (AvgIpc) is 2.61. The predicted molar refractivity (Wildman–Crippen MR) is 69.9 cm³/mol. The van der Waals surface area contributed by atoms with Gasteiger partial charge in [-0.2, -0.15) is 15.0 Å². The van der Waals surface area contributed by atoms with E-state index in [2.05, 4.69) is 19.9 Å². The number of aliphatic hydroxyl groups excluding tert-OH is 1. The molecule has 7 heteroatoms. The second-order valence-electron chi connectivity index (χ2n) is 5.13. The van der Waals surface area contributed by atoms with Crippen molar-refractivity contribution in [2.45, 2.75) is 50.8 Å². The first-order valence-electron chi connectivity index (χ1n) is 6.78. The number of piperidine rings is 1. The molecule has 0 saturated carbocycles. The minimum Gasteiger partial charge on any atom is -0.464 e. The van der Waals surface area contributed by atoms with E-state index >= 15 is 0 Å². The SMILES string of the molecule is CCOc1nc(N)nc(N2C3CCC2CC(O)C3)n1. The summed E-state index contributed by atoms with van der Waals surface area (Å²) in [5.74, 6) is 0.759. The highest BCUT2D eigenvalue weighted by molar-refractivity contribution is 5.41. The third-order valence-electron chi connectivity index (χ3n) is 3.83. The number of hydrogen-bond donors (Lipinski definition) is 2. The van der Waals surface area contributed by atoms with Crippen molar-refractivity contribution in [3.8, 4) is 6.01 Å². The second kappa shape index (κ2) is 4.80. The number of nitrogens with two attached hydrogens (primary N) is 1. The Labute approximate surface area is 111 Å². The molecular formula is C12H19N5O2. The quantitative estimate of drug-likeness (QED) is 0.813. The molecule has 2 bridgehead atoms. The summed E-state index contributed by atoms with van der Waals surface area (Å²) in [6, 6.07) is 0.866. The molecular weight excluding hydrogens is 246 g/mol. The van der Waals surface area contributed by atoms with Crippen LogP contribution < -0.4 is 15.4 Å². The Kier molecular flexibility index (Phi) is 3.14. The molecule has 2 saturated heterocycles. The molecule has 2 aliphatic rings. The Morgan fingerprint density at radius 1 is 1.26 bits per heavy atom. The zero-order valence-electron chi connectivity index (χ0n) is 11.0. The van der Waals surface area contributed by atoms with Gasteiger partial charge in [0.2, 0.25) is 11.9 Å². The minimum atomic E-state index is -0.209. The molecule has 3 heterocycles. The highest BCUT2D eigenvalue weighted by Gasteiger charge is 2.41. The maximum atomic E-state index is 9.82. The van der Waals surface area contributed by atoms with Crippen molar-refractivity contribution in [2.75, 3.05) is 17.2 Å². The van der Waals surface area contributed by atoms with Gasteiger partial charge in [-0.15, -0.1) is 0 Å². The van der Waals surface area contributed by atoms with Crippen molar-refractivity contribution >= 4 is 11.9 Å². The van der Waals surface area contributed by atoms with Gasteiger partial charge in [0.15, 0.2) is 0 Å². The summed E-state index contributed by atoms with van der Waals surface area (Å²) in [5, 5.41) is 9.82. The number of nitrogens with zero attached hydrogens (tertiary/aromatic N) is 4. The van der Waals surface area contributed by atoms with E-state index in [4.69, 9.17) is 10.5 Å². The van der Waals surface area contributed by atoms with Crippen molar-refractivity contribution in [3.63, 3.8) is 0 Å². The van der Waals surface area contributed by atoms with Gasteiger partial charge >= 0.3 is 6.01 Å². The van der Waals surface area contributed by atoms with E-state index < -0.39 is 0 Å². The summed E-state index contributed by atoms with van der Waals surface area (Å²) in [5.41, 5.74) is 5.72. The van der Waals surface area contributed by atoms with E-state index in [0.29, 0.717) is 24.6 Å². The van der Waals surface area contributed by atoms with Gasteiger partial charge in [0.05, 0.1) is 12.7 Å². The van der Waals surface area contributed by atoms with E-state index in [1.54, 1.807) is 0 Å². The third kappa shape index (κ3) is 2.30. The van der Waals surface area contributed by atoms with Crippen molar-refractivity contribution in [2.24, 2.45) is 0 Å². The van der Waals surface area contributed by atoms with Crippen LogP contribution in [-0.2, 0) is 0 Å². The monoisotopic (exact) mass is 265 g/mol. The molecule has 0 aromatic carbocycles. The Hall–Kier alpha value is -1.63. The molecule has 19 heavy (non-hydrogen) atoms. The third-order valence-corrected chi connectivity index (χ3v) is 3.83. The van der Waals surface area contributed by atoms with E-state index in [9.17, 15) is 5.11 Å². The number of anilines is 2. The van der Waals surface area contributed by atoms with Crippen LogP contribution >= 0.6 is 0 Å². The van der Waals surface area contributed by atoms with Crippen molar-refractivity contribution < 1.29 is 9.84 Å². The van der Waals surface area contributed by atoms with E-state index in [-0.39, 0.29) is 18.1 Å². The summed E-state index contributed by atoms with van der Waals surface area (Å²) in [7, 11) is 0. The number of rotatable bonds is 3. The van der Waals surface area contributed by atoms with Gasteiger partial charge < -0.3 is 20.5 Å². The smallest absolute Gasteiger partial charge is 0.323 e. The van der Waals surface area contributed by atoms with Crippen molar-refractivity contribution in [3.05, 3.63) is 0 Å². The summed E-state index contributed by atoms with van der Waals surface area (Å²) in [6.45, 7) is 2.37. The highest BCUT2D eigenvalue weighted by Crippen LogP contribution is 2.38. The number of hydrogen-bond acceptors (Lipinski definition) is 7. The van der Waals surface area contributed by atoms with Crippen LogP contribution in [0.2, 0.25) is 0 Å². The largest absolute Gasteiger partial charge is 0.464 e. The first-order valence-corrected chi connectivity index (χ1v) is 6.78. The van der Waals surface area contributed by atoms with Crippen LogP contribution in [-0.4, -0.2) is 44.9 Å². The molecule has 0 aliphatic carbocycles.